The van der Waals surface area contributed by atoms with E-state index in [4.69, 9.17) is 10.5 Å². The molecule has 0 radical (unpaired) electrons. The van der Waals surface area contributed by atoms with Gasteiger partial charge < -0.3 is 0 Å². The SMILES string of the molecule is [2H]C([2H])([2H])C([2H])(C)c1cccc2c1nc1n(-c3ccc4c(c3)-c3ccccc3-c3ccccc3-c3ccccc3-4)c3ccccc3n21. The number of hydrogen-bond acceptors (Lipinski definition) is 1. The Kier molecular flexibility index (Phi) is 4.30. The molecule has 0 N–H and O–H groups in total. The van der Waals surface area contributed by atoms with E-state index >= 15 is 0 Å². The van der Waals surface area contributed by atoms with Gasteiger partial charge in [-0.3, -0.25) is 8.97 Å². The number of benzene rings is 6. The lowest BCUT2D eigenvalue weighted by Gasteiger charge is -2.23. The Balaban J connectivity index is 1.37. The highest BCUT2D eigenvalue weighted by molar-refractivity contribution is 6.03. The van der Waals surface area contributed by atoms with E-state index < -0.39 is 12.7 Å². The molecule has 0 amide bonds. The Bertz CT molecular complexity index is 2550. The van der Waals surface area contributed by atoms with Crippen molar-refractivity contribution in [2.75, 3.05) is 0 Å². The maximum absolute atomic E-state index is 8.91. The molecule has 0 saturated heterocycles. The standard InChI is InChI=1S/C40H29N3/c1-25(2)27-18-11-21-38-39(27)41-40-42(36-19-9-10-20-37(36)43(38)40)26-22-23-34-32-16-6-5-14-30(32)28-12-3-4-13-29(28)31-15-7-8-17-33(31)35(34)24-26/h3-25H,1-2H3/i1D3,25D. The fraction of sp³-hybridized carbons (Fsp3) is 0.0750. The van der Waals surface area contributed by atoms with Gasteiger partial charge in [0.15, 0.2) is 0 Å². The fourth-order valence-corrected chi connectivity index (χ4v) is 6.97. The average molecular weight is 556 g/mol. The van der Waals surface area contributed by atoms with Crippen LogP contribution >= 0.6 is 0 Å². The summed E-state index contributed by atoms with van der Waals surface area (Å²) in [6.07, 6.45) is 0. The molecule has 0 bridgehead atoms. The van der Waals surface area contributed by atoms with Crippen molar-refractivity contribution >= 4 is 27.8 Å². The molecule has 0 spiro atoms. The second-order valence-corrected chi connectivity index (χ2v) is 11.2. The van der Waals surface area contributed by atoms with Gasteiger partial charge in [0.2, 0.25) is 5.78 Å². The van der Waals surface area contributed by atoms with Crippen LogP contribution in [0.5, 0.6) is 0 Å². The van der Waals surface area contributed by atoms with Gasteiger partial charge in [-0.2, -0.15) is 0 Å². The minimum absolute atomic E-state index is 0.386. The van der Waals surface area contributed by atoms with E-state index in [1.165, 1.54) is 34.7 Å². The second-order valence-electron chi connectivity index (χ2n) is 11.2. The molecule has 1 unspecified atom stereocenters. The van der Waals surface area contributed by atoms with Gasteiger partial charge in [-0.05, 0) is 86.3 Å². The van der Waals surface area contributed by atoms with Crippen LogP contribution in [0.1, 0.15) is 30.7 Å². The third kappa shape index (κ3) is 3.39. The van der Waals surface area contributed by atoms with Crippen molar-refractivity contribution in [1.29, 1.82) is 0 Å². The van der Waals surface area contributed by atoms with Crippen LogP contribution in [-0.2, 0) is 0 Å². The third-order valence-electron chi connectivity index (χ3n) is 8.84. The van der Waals surface area contributed by atoms with Crippen LogP contribution < -0.4 is 0 Å². The maximum Gasteiger partial charge on any atom is 0.220 e. The van der Waals surface area contributed by atoms with Crippen LogP contribution in [0.4, 0.5) is 0 Å². The summed E-state index contributed by atoms with van der Waals surface area (Å²) in [7, 11) is 0. The summed E-state index contributed by atoms with van der Waals surface area (Å²) in [4.78, 5) is 5.12. The molecule has 6 aromatic carbocycles. The average Bonchev–Trinajstić information content (AvgIpc) is 3.62. The van der Waals surface area contributed by atoms with E-state index in [2.05, 4.69) is 112 Å². The minimum atomic E-state index is -2.52. The van der Waals surface area contributed by atoms with Crippen LogP contribution in [0.25, 0.3) is 78.0 Å². The minimum Gasteiger partial charge on any atom is -0.278 e. The van der Waals surface area contributed by atoms with Gasteiger partial charge >= 0.3 is 0 Å². The molecule has 204 valence electrons. The summed E-state index contributed by atoms with van der Waals surface area (Å²) in [6, 6.07) is 46.1. The lowest BCUT2D eigenvalue weighted by Crippen LogP contribution is -2.00. The van der Waals surface area contributed by atoms with Gasteiger partial charge in [-0.1, -0.05) is 117 Å². The fourth-order valence-electron chi connectivity index (χ4n) is 6.97. The molecule has 2 heterocycles. The molecular formula is C40H29N3. The smallest absolute Gasteiger partial charge is 0.220 e. The Morgan fingerprint density at radius 2 is 1.07 bits per heavy atom. The van der Waals surface area contributed by atoms with Crippen molar-refractivity contribution in [2.24, 2.45) is 0 Å². The first kappa shape index (κ1) is 20.5. The number of nitrogens with zero attached hydrogens (tertiary/aromatic N) is 3. The first-order valence-corrected chi connectivity index (χ1v) is 14.6. The molecule has 0 aliphatic heterocycles. The number of aromatic nitrogens is 3. The normalized spacial score (nSPS) is 15.2. The molecular weight excluding hydrogens is 522 g/mol. The zero-order valence-electron chi connectivity index (χ0n) is 27.5. The van der Waals surface area contributed by atoms with Gasteiger partial charge in [0.25, 0.3) is 0 Å². The molecule has 8 aromatic rings. The Hall–Kier alpha value is -5.41. The first-order chi connectivity index (χ1) is 22.7. The second kappa shape index (κ2) is 9.04. The predicted octanol–water partition coefficient (Wildman–Crippen LogP) is 10.5. The lowest BCUT2D eigenvalue weighted by atomic mass is 9.81. The van der Waals surface area contributed by atoms with Crippen molar-refractivity contribution in [3.05, 3.63) is 139 Å². The molecule has 3 nitrogen and oxygen atoms in total. The van der Waals surface area contributed by atoms with Crippen molar-refractivity contribution < 1.29 is 5.48 Å². The highest BCUT2D eigenvalue weighted by Gasteiger charge is 2.24. The zero-order chi connectivity index (χ0) is 32.1. The van der Waals surface area contributed by atoms with Crippen LogP contribution in [0.2, 0.25) is 0 Å². The Labute approximate surface area is 255 Å². The molecule has 3 heteroatoms. The van der Waals surface area contributed by atoms with Crippen molar-refractivity contribution in [2.45, 2.75) is 19.7 Å². The number of para-hydroxylation sites is 3. The highest BCUT2D eigenvalue weighted by Crippen LogP contribution is 2.48. The number of hydrogen-bond donors (Lipinski definition) is 0. The topological polar surface area (TPSA) is 22.2 Å². The molecule has 1 atom stereocenters. The molecule has 1 aliphatic carbocycles. The van der Waals surface area contributed by atoms with E-state index in [1.54, 1.807) is 6.07 Å². The van der Waals surface area contributed by atoms with E-state index in [0.29, 0.717) is 16.9 Å². The highest BCUT2D eigenvalue weighted by atomic mass is 15.2. The van der Waals surface area contributed by atoms with Crippen LogP contribution in [0.15, 0.2) is 133 Å². The van der Waals surface area contributed by atoms with E-state index in [1.807, 2.05) is 24.3 Å². The van der Waals surface area contributed by atoms with Gasteiger partial charge in [0.05, 0.1) is 22.1 Å². The largest absolute Gasteiger partial charge is 0.278 e. The van der Waals surface area contributed by atoms with Crippen LogP contribution in [-0.4, -0.2) is 14.0 Å². The van der Waals surface area contributed by atoms with Gasteiger partial charge in [0, 0.05) is 11.2 Å². The van der Waals surface area contributed by atoms with Crippen molar-refractivity contribution in [1.82, 2.24) is 14.0 Å². The zero-order valence-corrected chi connectivity index (χ0v) is 23.5. The first-order valence-electron chi connectivity index (χ1n) is 16.6. The summed E-state index contributed by atoms with van der Waals surface area (Å²) >= 11 is 0. The monoisotopic (exact) mass is 555 g/mol. The van der Waals surface area contributed by atoms with Crippen LogP contribution in [0.3, 0.4) is 0 Å². The summed E-state index contributed by atoms with van der Waals surface area (Å²) in [5.74, 6) is -1.16. The number of rotatable bonds is 2. The molecule has 9 rings (SSSR count). The maximum atomic E-state index is 8.91. The van der Waals surface area contributed by atoms with Crippen LogP contribution in [0, 0.1) is 0 Å². The molecule has 1 aliphatic rings. The van der Waals surface area contributed by atoms with E-state index in [0.717, 1.165) is 38.9 Å². The Morgan fingerprint density at radius 1 is 0.558 bits per heavy atom. The third-order valence-corrected chi connectivity index (χ3v) is 8.84. The molecule has 0 fully saturated rings. The molecule has 43 heavy (non-hydrogen) atoms. The number of imidazole rings is 2. The summed E-state index contributed by atoms with van der Waals surface area (Å²) in [5.41, 5.74) is 13.9. The van der Waals surface area contributed by atoms with Gasteiger partial charge in [-0.25, -0.2) is 4.98 Å². The molecule has 2 aromatic heterocycles. The lowest BCUT2D eigenvalue weighted by molar-refractivity contribution is 0.873. The number of fused-ring (bicyclic) bond motifs is 13. The predicted molar refractivity (Wildman–Crippen MR) is 179 cm³/mol. The summed E-state index contributed by atoms with van der Waals surface area (Å²) in [5, 5.41) is 0. The van der Waals surface area contributed by atoms with Gasteiger partial charge in [-0.15, -0.1) is 0 Å². The van der Waals surface area contributed by atoms with Crippen molar-refractivity contribution in [3.8, 4) is 50.2 Å². The quantitative estimate of drug-likeness (QED) is 0.208. The molecule has 0 saturated carbocycles. The summed E-state index contributed by atoms with van der Waals surface area (Å²) in [6.45, 7) is -1.07. The van der Waals surface area contributed by atoms with Crippen molar-refractivity contribution in [3.63, 3.8) is 0 Å². The van der Waals surface area contributed by atoms with E-state index in [9.17, 15) is 0 Å². The summed E-state index contributed by atoms with van der Waals surface area (Å²) < 4.78 is 37.6. The Morgan fingerprint density at radius 3 is 1.67 bits per heavy atom. The van der Waals surface area contributed by atoms with Gasteiger partial charge in [0.1, 0.15) is 0 Å². The van der Waals surface area contributed by atoms with E-state index in [-0.39, 0.29) is 0 Å².